The molecule has 0 aliphatic rings. The van der Waals surface area contributed by atoms with Crippen molar-refractivity contribution in [1.82, 2.24) is 0 Å². The Hall–Kier alpha value is 2.24. The van der Waals surface area contributed by atoms with E-state index in [-0.39, 0.29) is 2.14 Å². The Kier molecular flexibility index (Phi) is 4.53. The molecule has 0 aliphatic carbocycles. The van der Waals surface area contributed by atoms with Gasteiger partial charge in [-0.25, -0.2) is 0 Å². The molecule has 0 aromatic carbocycles. The number of hydrogen-bond donors (Lipinski definition) is 0. The maximum absolute atomic E-state index is 3.36. The van der Waals surface area contributed by atoms with Crippen LogP contribution in [0.2, 0.25) is 4.44 Å². The predicted molar refractivity (Wildman–Crippen MR) is 44.3 cm³/mol. The summed E-state index contributed by atoms with van der Waals surface area (Å²) in [5.74, 6) is 0. The van der Waals surface area contributed by atoms with Gasteiger partial charge in [-0.05, 0) is 0 Å². The van der Waals surface area contributed by atoms with Crippen molar-refractivity contribution in [3.8, 4) is 0 Å². The van der Waals surface area contributed by atoms with Crippen molar-refractivity contribution in [3.63, 3.8) is 0 Å². The van der Waals surface area contributed by atoms with Crippen LogP contribution in [-0.2, 0) is 0 Å². The molecule has 0 fully saturated rings. The van der Waals surface area contributed by atoms with E-state index in [1.807, 2.05) is 0 Å². The SMILES string of the molecule is BrC(Br)(Br)[CH2][SnH3]. The zero-order valence-electron chi connectivity index (χ0n) is 3.34. The van der Waals surface area contributed by atoms with Gasteiger partial charge in [0.25, 0.3) is 0 Å². The zero-order chi connectivity index (χ0) is 5.21. The Labute approximate surface area is 75.9 Å². The maximum atomic E-state index is 3.36. The van der Waals surface area contributed by atoms with Gasteiger partial charge < -0.3 is 0 Å². The summed E-state index contributed by atoms with van der Waals surface area (Å²) >= 11 is 10.9. The average molecular weight is 387 g/mol. The second-order valence-electron chi connectivity index (χ2n) is 0.969. The van der Waals surface area contributed by atoms with E-state index in [1.165, 1.54) is 4.44 Å². The van der Waals surface area contributed by atoms with Crippen LogP contribution in [0.15, 0.2) is 0 Å². The monoisotopic (exact) mass is 386 g/mol. The molecule has 0 spiro atoms. The quantitative estimate of drug-likeness (QED) is 0.438. The first-order valence-electron chi connectivity index (χ1n) is 1.63. The van der Waals surface area contributed by atoms with Gasteiger partial charge in [-0.1, -0.05) is 0 Å². The molecule has 0 amide bonds. The van der Waals surface area contributed by atoms with E-state index in [0.29, 0.717) is 0 Å². The van der Waals surface area contributed by atoms with Gasteiger partial charge in [0.05, 0.1) is 0 Å². The van der Waals surface area contributed by atoms with E-state index in [2.05, 4.69) is 47.8 Å². The molecular formula is C2H5Br3Sn. The van der Waals surface area contributed by atoms with Crippen molar-refractivity contribution in [2.75, 3.05) is 0 Å². The Morgan fingerprint density at radius 1 is 1.33 bits per heavy atom. The van der Waals surface area contributed by atoms with Crippen LogP contribution in [0.25, 0.3) is 0 Å². The van der Waals surface area contributed by atoms with E-state index in [0.717, 1.165) is 22.5 Å². The fourth-order valence-corrected chi connectivity index (χ4v) is 0. The summed E-state index contributed by atoms with van der Waals surface area (Å²) in [6.45, 7) is 0. The molecule has 0 rings (SSSR count). The Morgan fingerprint density at radius 3 is 1.50 bits per heavy atom. The van der Waals surface area contributed by atoms with E-state index in [9.17, 15) is 0 Å². The van der Waals surface area contributed by atoms with Crippen LogP contribution in [0.3, 0.4) is 0 Å². The number of halogens is 3. The fourth-order valence-electron chi connectivity index (χ4n) is 0. The molecule has 6 heavy (non-hydrogen) atoms. The van der Waals surface area contributed by atoms with Gasteiger partial charge >= 0.3 is 76.9 Å². The molecule has 0 nitrogen and oxygen atoms in total. The Bertz CT molecular complexity index is 38.5. The van der Waals surface area contributed by atoms with Gasteiger partial charge in [0, 0.05) is 0 Å². The molecule has 0 atom stereocenters. The molecule has 0 aliphatic heterocycles. The average Bonchev–Trinajstić information content (AvgIpc) is 1.35. The van der Waals surface area contributed by atoms with E-state index in [4.69, 9.17) is 0 Å². The summed E-state index contributed by atoms with van der Waals surface area (Å²) in [6, 6.07) is 0. The van der Waals surface area contributed by atoms with Crippen LogP contribution >= 0.6 is 47.8 Å². The third-order valence-corrected chi connectivity index (χ3v) is 14.0. The van der Waals surface area contributed by atoms with Crippen LogP contribution in [-0.4, -0.2) is 24.7 Å². The number of alkyl halides is 3. The van der Waals surface area contributed by atoms with Crippen molar-refractivity contribution < 1.29 is 0 Å². The molecule has 4 heteroatoms. The summed E-state index contributed by atoms with van der Waals surface area (Å²) in [4.78, 5) is 0. The topological polar surface area (TPSA) is 0 Å². The summed E-state index contributed by atoms with van der Waals surface area (Å²) in [5.41, 5.74) is 0. The second-order valence-corrected chi connectivity index (χ2v) is 10.2. The van der Waals surface area contributed by atoms with E-state index < -0.39 is 0 Å². The summed E-state index contributed by atoms with van der Waals surface area (Å²) in [6.07, 6.45) is 0. The Morgan fingerprint density at radius 2 is 1.50 bits per heavy atom. The number of hydrogen-bond acceptors (Lipinski definition) is 0. The van der Waals surface area contributed by atoms with Crippen molar-refractivity contribution in [2.45, 2.75) is 6.58 Å². The fraction of sp³-hybridized carbons (Fsp3) is 1.00. The minimum absolute atomic E-state index is 0.0725. The van der Waals surface area contributed by atoms with Crippen molar-refractivity contribution in [2.24, 2.45) is 0 Å². The van der Waals surface area contributed by atoms with Crippen LogP contribution in [0.1, 0.15) is 0 Å². The molecule has 0 saturated carbocycles. The van der Waals surface area contributed by atoms with Gasteiger partial charge in [0.2, 0.25) is 0 Å². The summed E-state index contributed by atoms with van der Waals surface area (Å²) < 4.78 is 1.30. The van der Waals surface area contributed by atoms with Gasteiger partial charge in [0.1, 0.15) is 0 Å². The van der Waals surface area contributed by atoms with Crippen molar-refractivity contribution >= 4 is 70.3 Å². The Balaban J connectivity index is 3.17. The zero-order valence-corrected chi connectivity index (χ0v) is 13.8. The van der Waals surface area contributed by atoms with Crippen molar-refractivity contribution in [1.29, 1.82) is 0 Å². The van der Waals surface area contributed by atoms with Crippen LogP contribution in [0.5, 0.6) is 0 Å². The third kappa shape index (κ3) is 6.24. The van der Waals surface area contributed by atoms with Crippen LogP contribution in [0.4, 0.5) is 0 Å². The van der Waals surface area contributed by atoms with E-state index >= 15 is 0 Å². The molecule has 0 aromatic heterocycles. The molecule has 0 N–H and O–H groups in total. The van der Waals surface area contributed by atoms with Gasteiger partial charge in [-0.3, -0.25) is 0 Å². The second kappa shape index (κ2) is 3.30. The molecule has 0 unspecified atom stereocenters. The van der Waals surface area contributed by atoms with Crippen LogP contribution in [0, 0.1) is 0 Å². The molecular weight excluding hydrogens is 382 g/mol. The van der Waals surface area contributed by atoms with Gasteiger partial charge in [-0.2, -0.15) is 0 Å². The van der Waals surface area contributed by atoms with Gasteiger partial charge in [-0.15, -0.1) is 0 Å². The summed E-state index contributed by atoms with van der Waals surface area (Å²) in [7, 11) is 0. The standard InChI is InChI=1S/C2H2Br3.Sn.3H/c1-2(3,4)5;;;;/h1H2;;;;. The molecule has 0 heterocycles. The molecule has 0 bridgehead atoms. The third-order valence-electron chi connectivity index (χ3n) is 0.401. The molecule has 0 aromatic rings. The normalized spacial score (nSPS) is 12.5. The minimum atomic E-state index is 0.0725. The predicted octanol–water partition coefficient (Wildman–Crippen LogP) is 1.61. The first-order chi connectivity index (χ1) is 2.56. The molecule has 0 radical (unpaired) electrons. The number of rotatable bonds is 0. The first kappa shape index (κ1) is 8.24. The van der Waals surface area contributed by atoms with Crippen LogP contribution < -0.4 is 0 Å². The molecule has 0 saturated heterocycles. The van der Waals surface area contributed by atoms with Crippen molar-refractivity contribution in [3.05, 3.63) is 0 Å². The van der Waals surface area contributed by atoms with Gasteiger partial charge in [0.15, 0.2) is 0 Å². The first-order valence-corrected chi connectivity index (χ1v) is 8.04. The summed E-state index contributed by atoms with van der Waals surface area (Å²) in [5, 5.41) is 0. The van der Waals surface area contributed by atoms with E-state index in [1.54, 1.807) is 0 Å². The molecule has 38 valence electrons.